The summed E-state index contributed by atoms with van der Waals surface area (Å²) in [6.07, 6.45) is 1.48. The number of aryl methyl sites for hydroxylation is 1. The first-order valence-electron chi connectivity index (χ1n) is 6.12. The van der Waals surface area contributed by atoms with Gasteiger partial charge < -0.3 is 4.98 Å². The molecule has 114 valence electrons. The third-order valence-corrected chi connectivity index (χ3v) is 3.93. The van der Waals surface area contributed by atoms with E-state index >= 15 is 0 Å². The van der Waals surface area contributed by atoms with Gasteiger partial charge >= 0.3 is 0 Å². The molecule has 0 aliphatic heterocycles. The second-order valence-electron chi connectivity index (χ2n) is 5.64. The van der Waals surface area contributed by atoms with Crippen LogP contribution in [0.25, 0.3) is 11.4 Å². The lowest BCUT2D eigenvalue weighted by Gasteiger charge is -2.23. The Bertz CT molecular complexity index is 846. The van der Waals surface area contributed by atoms with E-state index in [4.69, 9.17) is 10.7 Å². The number of aromatic amines is 1. The van der Waals surface area contributed by atoms with E-state index in [0.29, 0.717) is 5.69 Å². The number of halogens is 1. The van der Waals surface area contributed by atoms with E-state index in [2.05, 4.69) is 15.2 Å². The van der Waals surface area contributed by atoms with Crippen LogP contribution in [0.5, 0.6) is 0 Å². The topological polar surface area (TPSA) is 97.7 Å². The molecule has 0 aromatic carbocycles. The van der Waals surface area contributed by atoms with Gasteiger partial charge in [0.1, 0.15) is 0 Å². The van der Waals surface area contributed by atoms with Gasteiger partial charge in [-0.3, -0.25) is 9.36 Å². The summed E-state index contributed by atoms with van der Waals surface area (Å²) in [5, 5.41) is 7.09. The monoisotopic (exact) mass is 330 g/mol. The number of H-pyrrole nitrogens is 1. The van der Waals surface area contributed by atoms with Gasteiger partial charge in [0, 0.05) is 34.2 Å². The summed E-state index contributed by atoms with van der Waals surface area (Å²) in [6, 6.07) is 1.41. The molecule has 7 nitrogen and oxygen atoms in total. The van der Waals surface area contributed by atoms with Crippen molar-refractivity contribution >= 4 is 19.7 Å². The van der Waals surface area contributed by atoms with Gasteiger partial charge in [-0.25, -0.2) is 8.42 Å². The maximum absolute atomic E-state index is 12.1. The molecule has 0 spiro atoms. The molecule has 21 heavy (non-hydrogen) atoms. The molecule has 0 unspecified atom stereocenters. The molecule has 0 aliphatic rings. The number of aromatic nitrogens is 4. The van der Waals surface area contributed by atoms with Crippen LogP contribution in [0.15, 0.2) is 22.2 Å². The zero-order valence-corrected chi connectivity index (χ0v) is 13.6. The number of rotatable bonds is 2. The molecule has 0 amide bonds. The first-order chi connectivity index (χ1) is 9.51. The minimum Gasteiger partial charge on any atom is -0.364 e. The van der Waals surface area contributed by atoms with E-state index in [9.17, 15) is 13.2 Å². The van der Waals surface area contributed by atoms with E-state index < -0.39 is 14.6 Å². The lowest BCUT2D eigenvalue weighted by atomic mass is 10.1. The van der Waals surface area contributed by atoms with Gasteiger partial charge in [0.05, 0.1) is 5.56 Å². The second kappa shape index (κ2) is 4.96. The van der Waals surface area contributed by atoms with Crippen LogP contribution < -0.4 is 5.43 Å². The van der Waals surface area contributed by atoms with Gasteiger partial charge in [0.2, 0.25) is 0 Å². The molecule has 2 aromatic rings. The Balaban J connectivity index is 2.83. The van der Waals surface area contributed by atoms with Crippen molar-refractivity contribution in [2.24, 2.45) is 0 Å². The van der Waals surface area contributed by atoms with Crippen molar-refractivity contribution in [1.82, 2.24) is 19.7 Å². The van der Waals surface area contributed by atoms with E-state index in [-0.39, 0.29) is 22.0 Å². The van der Waals surface area contributed by atoms with Crippen LogP contribution in [0, 0.1) is 6.92 Å². The van der Waals surface area contributed by atoms with E-state index in [1.54, 1.807) is 27.7 Å². The molecule has 0 saturated heterocycles. The van der Waals surface area contributed by atoms with Crippen LogP contribution in [0.3, 0.4) is 0 Å². The maximum atomic E-state index is 12.1. The molecule has 0 radical (unpaired) electrons. The fraction of sp³-hybridized carbons (Fsp3) is 0.417. The minimum absolute atomic E-state index is 0.156. The van der Waals surface area contributed by atoms with Crippen LogP contribution in [0.2, 0.25) is 0 Å². The van der Waals surface area contributed by atoms with Crippen molar-refractivity contribution in [3.63, 3.8) is 0 Å². The van der Waals surface area contributed by atoms with Crippen molar-refractivity contribution in [3.05, 3.63) is 28.2 Å². The smallest absolute Gasteiger partial charge is 0.296 e. The summed E-state index contributed by atoms with van der Waals surface area (Å²) in [6.45, 7) is 7.06. The molecule has 0 fully saturated rings. The molecular formula is C12H15ClN4O3S. The quantitative estimate of drug-likeness (QED) is 0.844. The predicted octanol–water partition coefficient (Wildman–Crippen LogP) is 1.62. The Labute approximate surface area is 126 Å². The summed E-state index contributed by atoms with van der Waals surface area (Å²) in [5.74, 6) is 0.156. The zero-order chi connectivity index (χ0) is 16.0. The third-order valence-electron chi connectivity index (χ3n) is 2.82. The van der Waals surface area contributed by atoms with Crippen LogP contribution in [-0.4, -0.2) is 28.2 Å². The molecule has 2 aromatic heterocycles. The lowest BCUT2D eigenvalue weighted by molar-refractivity contribution is 0.367. The Morgan fingerprint density at radius 1 is 1.29 bits per heavy atom. The molecule has 0 bridgehead atoms. The molecular weight excluding hydrogens is 316 g/mol. The van der Waals surface area contributed by atoms with Gasteiger partial charge in [0.15, 0.2) is 11.3 Å². The molecule has 9 heteroatoms. The highest BCUT2D eigenvalue weighted by molar-refractivity contribution is 8.13. The highest BCUT2D eigenvalue weighted by Gasteiger charge is 2.30. The normalized spacial score (nSPS) is 12.6. The number of hydrogen-bond acceptors (Lipinski definition) is 5. The van der Waals surface area contributed by atoms with Crippen LogP contribution in [0.1, 0.15) is 26.5 Å². The Morgan fingerprint density at radius 2 is 1.90 bits per heavy atom. The molecule has 0 atom stereocenters. The molecule has 1 N–H and O–H groups in total. The Kier molecular flexibility index (Phi) is 3.71. The Hall–Kier alpha value is -1.67. The van der Waals surface area contributed by atoms with Crippen molar-refractivity contribution in [1.29, 1.82) is 0 Å². The van der Waals surface area contributed by atoms with Gasteiger partial charge in [-0.05, 0) is 27.7 Å². The van der Waals surface area contributed by atoms with E-state index in [0.717, 1.165) is 0 Å². The van der Waals surface area contributed by atoms with Crippen molar-refractivity contribution in [3.8, 4) is 11.4 Å². The molecule has 0 saturated carbocycles. The molecule has 0 aliphatic carbocycles. The average Bonchev–Trinajstić information content (AvgIpc) is 2.72. The summed E-state index contributed by atoms with van der Waals surface area (Å²) < 4.78 is 24.6. The summed E-state index contributed by atoms with van der Waals surface area (Å²) in [4.78, 5) is 15.0. The van der Waals surface area contributed by atoms with Gasteiger partial charge in [-0.1, -0.05) is 0 Å². The number of pyridine rings is 1. The van der Waals surface area contributed by atoms with Gasteiger partial charge in [0.25, 0.3) is 14.2 Å². The average molecular weight is 331 g/mol. The maximum Gasteiger partial charge on any atom is 0.296 e. The van der Waals surface area contributed by atoms with E-state index in [1.807, 2.05) is 0 Å². The third kappa shape index (κ3) is 3.01. The van der Waals surface area contributed by atoms with Crippen molar-refractivity contribution < 1.29 is 8.42 Å². The predicted molar refractivity (Wildman–Crippen MR) is 78.9 cm³/mol. The Morgan fingerprint density at radius 3 is 2.38 bits per heavy atom. The molecule has 2 heterocycles. The van der Waals surface area contributed by atoms with Crippen LogP contribution in [0.4, 0.5) is 0 Å². The van der Waals surface area contributed by atoms with Crippen molar-refractivity contribution in [2.75, 3.05) is 0 Å². The largest absolute Gasteiger partial charge is 0.364 e. The minimum atomic E-state index is -4.08. The highest BCUT2D eigenvalue weighted by Crippen LogP contribution is 2.27. The van der Waals surface area contributed by atoms with Gasteiger partial charge in [-0.15, -0.1) is 10.2 Å². The lowest BCUT2D eigenvalue weighted by Crippen LogP contribution is -2.27. The fourth-order valence-electron chi connectivity index (χ4n) is 1.95. The standard InChI is InChI=1S/C12H15ClN4O3S/c1-7-5-9(18)8(6-14-7)10-15-16-11(21(13,19)20)17(10)12(2,3)4/h5-6H,1-4H3,(H,14,18). The summed E-state index contributed by atoms with van der Waals surface area (Å²) >= 11 is 0. The first kappa shape index (κ1) is 15.7. The van der Waals surface area contributed by atoms with Crippen molar-refractivity contribution in [2.45, 2.75) is 38.4 Å². The van der Waals surface area contributed by atoms with Crippen LogP contribution >= 0.6 is 10.7 Å². The van der Waals surface area contributed by atoms with Crippen LogP contribution in [-0.2, 0) is 14.6 Å². The molecule has 2 rings (SSSR count). The second-order valence-corrected chi connectivity index (χ2v) is 8.10. The zero-order valence-electron chi connectivity index (χ0n) is 12.0. The van der Waals surface area contributed by atoms with Gasteiger partial charge in [-0.2, -0.15) is 0 Å². The number of hydrogen-bond donors (Lipinski definition) is 1. The summed E-state index contributed by atoms with van der Waals surface area (Å²) in [5.41, 5.74) is -0.0268. The fourth-order valence-corrected chi connectivity index (χ4v) is 2.97. The number of nitrogens with one attached hydrogen (secondary N) is 1. The number of nitrogens with zero attached hydrogens (tertiary/aromatic N) is 3. The summed E-state index contributed by atoms with van der Waals surface area (Å²) in [7, 11) is 1.32. The first-order valence-corrected chi connectivity index (χ1v) is 8.43. The SMILES string of the molecule is Cc1cc(=O)c(-c2nnc(S(=O)(=O)Cl)n2C(C)(C)C)c[nH]1. The van der Waals surface area contributed by atoms with E-state index in [1.165, 1.54) is 16.8 Å². The highest BCUT2D eigenvalue weighted by atomic mass is 35.7.